The first-order chi connectivity index (χ1) is 13.8. The van der Waals surface area contributed by atoms with E-state index in [0.717, 1.165) is 7.11 Å². The van der Waals surface area contributed by atoms with E-state index < -0.39 is 36.3 Å². The predicted octanol–water partition coefficient (Wildman–Crippen LogP) is -0.0352. The number of esters is 1. The predicted molar refractivity (Wildman–Crippen MR) is 99.2 cm³/mol. The third kappa shape index (κ3) is 6.87. The average Bonchev–Trinajstić information content (AvgIpc) is 2.72. The van der Waals surface area contributed by atoms with Crippen LogP contribution in [0.4, 0.5) is 0 Å². The number of rotatable bonds is 11. The summed E-state index contributed by atoms with van der Waals surface area (Å²) in [5.74, 6) is -2.48. The zero-order valence-corrected chi connectivity index (χ0v) is 16.6. The Morgan fingerprint density at radius 1 is 1.00 bits per heavy atom. The highest BCUT2D eigenvalue weighted by molar-refractivity contribution is 5.99. The Balaban J connectivity index is 3.05. The van der Waals surface area contributed by atoms with Crippen molar-refractivity contribution in [2.24, 2.45) is 0 Å². The molecule has 0 spiro atoms. The van der Waals surface area contributed by atoms with Gasteiger partial charge in [-0.05, 0) is 18.6 Å². The number of benzene rings is 1. The van der Waals surface area contributed by atoms with Crippen molar-refractivity contribution in [3.63, 3.8) is 0 Å². The summed E-state index contributed by atoms with van der Waals surface area (Å²) in [6.45, 7) is -0.418. The molecule has 0 fully saturated rings. The van der Waals surface area contributed by atoms with Gasteiger partial charge in [0.05, 0.1) is 28.4 Å². The summed E-state index contributed by atoms with van der Waals surface area (Å²) >= 11 is 0. The van der Waals surface area contributed by atoms with Gasteiger partial charge in [-0.3, -0.25) is 19.2 Å². The minimum atomic E-state index is -1.19. The van der Waals surface area contributed by atoms with Crippen LogP contribution in [0.1, 0.15) is 23.2 Å². The molecule has 29 heavy (non-hydrogen) atoms. The van der Waals surface area contributed by atoms with Crippen LogP contribution in [0.3, 0.4) is 0 Å². The molecule has 0 aliphatic rings. The maximum atomic E-state index is 12.7. The third-order valence-corrected chi connectivity index (χ3v) is 3.83. The third-order valence-electron chi connectivity index (χ3n) is 3.83. The molecule has 0 aliphatic heterocycles. The van der Waals surface area contributed by atoms with Crippen molar-refractivity contribution in [3.8, 4) is 17.2 Å². The first-order valence-corrected chi connectivity index (χ1v) is 8.44. The van der Waals surface area contributed by atoms with Gasteiger partial charge in [0.1, 0.15) is 12.6 Å². The number of carbonyl (C=O) groups excluding carboxylic acids is 3. The molecule has 0 saturated heterocycles. The topological polar surface area (TPSA) is 149 Å². The molecular weight excluding hydrogens is 388 g/mol. The molecule has 1 rings (SSSR count). The number of ether oxygens (including phenoxy) is 4. The molecule has 0 radical (unpaired) electrons. The van der Waals surface area contributed by atoms with Crippen LogP contribution >= 0.6 is 0 Å². The fraction of sp³-hybridized carbons (Fsp3) is 0.444. The van der Waals surface area contributed by atoms with Gasteiger partial charge in [0, 0.05) is 12.0 Å². The maximum Gasteiger partial charge on any atom is 0.325 e. The number of hydrogen-bond acceptors (Lipinski definition) is 8. The standard InChI is InChI=1S/C18H24N2O9/c1-26-12-7-10(8-13(27-2)16(12)29-4)17(24)20-11(5-6-14(21)22)18(25)19-9-15(23)28-3/h7-8,11H,5-6,9H2,1-4H3,(H,19,25)(H,20,24)(H,21,22)/t11-/m1/s1. The van der Waals surface area contributed by atoms with Crippen molar-refractivity contribution in [3.05, 3.63) is 17.7 Å². The van der Waals surface area contributed by atoms with Gasteiger partial charge in [-0.25, -0.2) is 0 Å². The van der Waals surface area contributed by atoms with Crippen molar-refractivity contribution >= 4 is 23.8 Å². The number of aliphatic carboxylic acids is 1. The summed E-state index contributed by atoms with van der Waals surface area (Å²) in [5, 5.41) is 13.6. The quantitative estimate of drug-likeness (QED) is 0.426. The number of carboxylic acid groups (broad SMARTS) is 1. The Kier molecular flexibility index (Phi) is 9.23. The summed E-state index contributed by atoms with van der Waals surface area (Å²) in [7, 11) is 5.33. The number of hydrogen-bond donors (Lipinski definition) is 3. The molecule has 2 amide bonds. The Morgan fingerprint density at radius 3 is 2.03 bits per heavy atom. The van der Waals surface area contributed by atoms with E-state index in [1.54, 1.807) is 0 Å². The lowest BCUT2D eigenvalue weighted by Gasteiger charge is -2.19. The van der Waals surface area contributed by atoms with Crippen LogP contribution < -0.4 is 24.8 Å². The van der Waals surface area contributed by atoms with Gasteiger partial charge in [0.2, 0.25) is 11.7 Å². The van der Waals surface area contributed by atoms with Gasteiger partial charge in [-0.2, -0.15) is 0 Å². The second-order valence-corrected chi connectivity index (χ2v) is 5.67. The fourth-order valence-corrected chi connectivity index (χ4v) is 2.35. The summed E-state index contributed by atoms with van der Waals surface area (Å²) in [6, 6.07) is 1.58. The summed E-state index contributed by atoms with van der Waals surface area (Å²) in [6.07, 6.45) is -0.551. The summed E-state index contributed by atoms with van der Waals surface area (Å²) in [4.78, 5) is 47.0. The number of nitrogens with one attached hydrogen (secondary N) is 2. The monoisotopic (exact) mass is 412 g/mol. The highest BCUT2D eigenvalue weighted by Gasteiger charge is 2.24. The zero-order chi connectivity index (χ0) is 22.0. The Bertz CT molecular complexity index is 739. The van der Waals surface area contributed by atoms with Gasteiger partial charge in [0.15, 0.2) is 11.5 Å². The number of methoxy groups -OCH3 is 4. The largest absolute Gasteiger partial charge is 0.493 e. The smallest absolute Gasteiger partial charge is 0.325 e. The Hall–Kier alpha value is -3.50. The molecule has 1 atom stereocenters. The lowest BCUT2D eigenvalue weighted by Crippen LogP contribution is -2.48. The van der Waals surface area contributed by atoms with E-state index >= 15 is 0 Å². The molecule has 1 aromatic carbocycles. The SMILES string of the molecule is COC(=O)CNC(=O)[C@@H](CCC(=O)O)NC(=O)c1cc(OC)c(OC)c(OC)c1. The number of carbonyl (C=O) groups is 4. The average molecular weight is 412 g/mol. The van der Waals surface area contributed by atoms with Gasteiger partial charge < -0.3 is 34.7 Å². The first-order valence-electron chi connectivity index (χ1n) is 8.44. The minimum absolute atomic E-state index is 0.0978. The van der Waals surface area contributed by atoms with Crippen molar-refractivity contribution < 1.29 is 43.2 Å². The fourth-order valence-electron chi connectivity index (χ4n) is 2.35. The maximum absolute atomic E-state index is 12.7. The minimum Gasteiger partial charge on any atom is -0.493 e. The Morgan fingerprint density at radius 2 is 1.59 bits per heavy atom. The lowest BCUT2D eigenvalue weighted by atomic mass is 10.1. The summed E-state index contributed by atoms with van der Waals surface area (Å²) in [5.41, 5.74) is 0.0978. The van der Waals surface area contributed by atoms with Crippen LogP contribution in [0.25, 0.3) is 0 Å². The van der Waals surface area contributed by atoms with Crippen LogP contribution in [0.15, 0.2) is 12.1 Å². The molecule has 0 aliphatic carbocycles. The molecule has 0 saturated carbocycles. The first kappa shape index (κ1) is 23.5. The van der Waals surface area contributed by atoms with E-state index in [1.165, 1.54) is 33.5 Å². The highest BCUT2D eigenvalue weighted by atomic mass is 16.5. The van der Waals surface area contributed by atoms with E-state index in [4.69, 9.17) is 19.3 Å². The van der Waals surface area contributed by atoms with Crippen LogP contribution in [0.5, 0.6) is 17.2 Å². The van der Waals surface area contributed by atoms with Crippen LogP contribution in [0, 0.1) is 0 Å². The van der Waals surface area contributed by atoms with Crippen LogP contribution in [-0.4, -0.2) is 69.9 Å². The molecule has 0 unspecified atom stereocenters. The van der Waals surface area contributed by atoms with Gasteiger partial charge >= 0.3 is 11.9 Å². The van der Waals surface area contributed by atoms with Gasteiger partial charge in [-0.1, -0.05) is 0 Å². The molecule has 1 aromatic rings. The molecule has 0 heterocycles. The lowest BCUT2D eigenvalue weighted by molar-refractivity contribution is -0.141. The molecule has 11 nitrogen and oxygen atoms in total. The van der Waals surface area contributed by atoms with Gasteiger partial charge in [0.25, 0.3) is 5.91 Å². The van der Waals surface area contributed by atoms with Crippen LogP contribution in [-0.2, 0) is 19.1 Å². The van der Waals surface area contributed by atoms with E-state index in [9.17, 15) is 19.2 Å². The number of carboxylic acids is 1. The van der Waals surface area contributed by atoms with E-state index in [0.29, 0.717) is 0 Å². The van der Waals surface area contributed by atoms with Crippen molar-refractivity contribution in [2.75, 3.05) is 35.0 Å². The van der Waals surface area contributed by atoms with Crippen molar-refractivity contribution in [2.45, 2.75) is 18.9 Å². The second-order valence-electron chi connectivity index (χ2n) is 5.67. The molecular formula is C18H24N2O9. The Labute approximate surface area is 167 Å². The van der Waals surface area contributed by atoms with E-state index in [2.05, 4.69) is 15.4 Å². The summed E-state index contributed by atoms with van der Waals surface area (Å²) < 4.78 is 20.0. The molecule has 3 N–H and O–H groups in total. The van der Waals surface area contributed by atoms with Crippen molar-refractivity contribution in [1.29, 1.82) is 0 Å². The normalized spacial score (nSPS) is 11.0. The molecule has 0 aromatic heterocycles. The number of amides is 2. The van der Waals surface area contributed by atoms with Crippen LogP contribution in [0.2, 0.25) is 0 Å². The van der Waals surface area contributed by atoms with E-state index in [-0.39, 0.29) is 35.7 Å². The van der Waals surface area contributed by atoms with Gasteiger partial charge in [-0.15, -0.1) is 0 Å². The zero-order valence-electron chi connectivity index (χ0n) is 16.6. The van der Waals surface area contributed by atoms with Crippen molar-refractivity contribution in [1.82, 2.24) is 10.6 Å². The van der Waals surface area contributed by atoms with E-state index in [1.807, 2.05) is 0 Å². The molecule has 0 bridgehead atoms. The molecule has 160 valence electrons. The molecule has 11 heteroatoms. The highest BCUT2D eigenvalue weighted by Crippen LogP contribution is 2.38. The second kappa shape index (κ2) is 11.4.